The standard InChI is InChI=1S/C14H18Br2O3/c1-9-3-4-10(15)7-12(9)19-13-8-11(16)14(13)18-6-5-17-2/h3-4,7,11,13-14H,5-6,8H2,1-2H3. The third-order valence-electron chi connectivity index (χ3n) is 3.21. The Morgan fingerprint density at radius 3 is 2.79 bits per heavy atom. The largest absolute Gasteiger partial charge is 0.487 e. The number of hydrogen-bond donors (Lipinski definition) is 0. The summed E-state index contributed by atoms with van der Waals surface area (Å²) >= 11 is 7.08. The molecule has 3 nitrogen and oxygen atoms in total. The van der Waals surface area contributed by atoms with Crippen LogP contribution in [0.4, 0.5) is 0 Å². The van der Waals surface area contributed by atoms with Crippen molar-refractivity contribution in [3.05, 3.63) is 28.2 Å². The van der Waals surface area contributed by atoms with Gasteiger partial charge in [0, 0.05) is 22.8 Å². The maximum absolute atomic E-state index is 6.05. The molecule has 0 radical (unpaired) electrons. The maximum Gasteiger partial charge on any atom is 0.127 e. The van der Waals surface area contributed by atoms with Crippen LogP contribution >= 0.6 is 31.9 Å². The molecule has 1 saturated carbocycles. The molecule has 19 heavy (non-hydrogen) atoms. The zero-order chi connectivity index (χ0) is 13.8. The van der Waals surface area contributed by atoms with E-state index in [0.717, 1.165) is 22.2 Å². The van der Waals surface area contributed by atoms with Gasteiger partial charge in [-0.15, -0.1) is 0 Å². The number of halogens is 2. The van der Waals surface area contributed by atoms with Gasteiger partial charge in [-0.05, 0) is 24.6 Å². The molecule has 0 saturated heterocycles. The molecule has 0 bridgehead atoms. The number of aryl methyl sites for hydroxylation is 1. The van der Waals surface area contributed by atoms with Crippen molar-refractivity contribution in [2.24, 2.45) is 0 Å². The van der Waals surface area contributed by atoms with Crippen molar-refractivity contribution in [1.29, 1.82) is 0 Å². The van der Waals surface area contributed by atoms with Gasteiger partial charge in [-0.3, -0.25) is 0 Å². The van der Waals surface area contributed by atoms with E-state index in [1.807, 2.05) is 25.1 Å². The first-order chi connectivity index (χ1) is 9.11. The monoisotopic (exact) mass is 392 g/mol. The fourth-order valence-electron chi connectivity index (χ4n) is 1.99. The number of benzene rings is 1. The molecular formula is C14H18Br2O3. The van der Waals surface area contributed by atoms with E-state index in [2.05, 4.69) is 31.9 Å². The van der Waals surface area contributed by atoms with Gasteiger partial charge in [-0.2, -0.15) is 0 Å². The van der Waals surface area contributed by atoms with Crippen LogP contribution in [-0.2, 0) is 9.47 Å². The third-order valence-corrected chi connectivity index (χ3v) is 4.59. The van der Waals surface area contributed by atoms with Crippen molar-refractivity contribution in [2.75, 3.05) is 20.3 Å². The number of ether oxygens (including phenoxy) is 3. The van der Waals surface area contributed by atoms with E-state index in [1.165, 1.54) is 0 Å². The normalized spacial score (nSPS) is 26.0. The van der Waals surface area contributed by atoms with Gasteiger partial charge in [0.1, 0.15) is 18.0 Å². The second-order valence-corrected chi connectivity index (χ2v) is 6.74. The molecule has 0 aliphatic heterocycles. The lowest BCUT2D eigenvalue weighted by Gasteiger charge is -2.41. The highest BCUT2D eigenvalue weighted by molar-refractivity contribution is 9.10. The zero-order valence-electron chi connectivity index (χ0n) is 11.1. The predicted octanol–water partition coefficient (Wildman–Crippen LogP) is 3.70. The van der Waals surface area contributed by atoms with E-state index in [0.29, 0.717) is 18.0 Å². The van der Waals surface area contributed by atoms with Gasteiger partial charge >= 0.3 is 0 Å². The third kappa shape index (κ3) is 3.94. The highest BCUT2D eigenvalue weighted by Crippen LogP contribution is 2.35. The summed E-state index contributed by atoms with van der Waals surface area (Å²) in [6, 6.07) is 6.07. The molecule has 5 heteroatoms. The van der Waals surface area contributed by atoms with E-state index < -0.39 is 0 Å². The van der Waals surface area contributed by atoms with Crippen molar-refractivity contribution < 1.29 is 14.2 Å². The summed E-state index contributed by atoms with van der Waals surface area (Å²) in [6.07, 6.45) is 1.16. The highest BCUT2D eigenvalue weighted by atomic mass is 79.9. The van der Waals surface area contributed by atoms with Crippen molar-refractivity contribution in [3.8, 4) is 5.75 Å². The minimum Gasteiger partial charge on any atom is -0.487 e. The summed E-state index contributed by atoms with van der Waals surface area (Å²) in [5, 5.41) is 0. The second kappa shape index (κ2) is 7.07. The van der Waals surface area contributed by atoms with Gasteiger partial charge in [0.15, 0.2) is 0 Å². The summed E-state index contributed by atoms with van der Waals surface area (Å²) in [6.45, 7) is 3.26. The van der Waals surface area contributed by atoms with Gasteiger partial charge in [0.25, 0.3) is 0 Å². The quantitative estimate of drug-likeness (QED) is 0.544. The van der Waals surface area contributed by atoms with Gasteiger partial charge in [0.2, 0.25) is 0 Å². The fraction of sp³-hybridized carbons (Fsp3) is 0.571. The molecule has 0 amide bonds. The van der Waals surface area contributed by atoms with Crippen LogP contribution in [0, 0.1) is 6.92 Å². The second-order valence-electron chi connectivity index (χ2n) is 4.65. The molecular weight excluding hydrogens is 376 g/mol. The lowest BCUT2D eigenvalue weighted by atomic mass is 9.91. The first-order valence-electron chi connectivity index (χ1n) is 6.29. The molecule has 1 aromatic rings. The number of rotatable bonds is 6. The Labute approximate surface area is 130 Å². The molecule has 1 aromatic carbocycles. The van der Waals surface area contributed by atoms with E-state index >= 15 is 0 Å². The van der Waals surface area contributed by atoms with Crippen molar-refractivity contribution in [1.82, 2.24) is 0 Å². The van der Waals surface area contributed by atoms with Gasteiger partial charge < -0.3 is 14.2 Å². The lowest BCUT2D eigenvalue weighted by molar-refractivity contribution is -0.0867. The van der Waals surface area contributed by atoms with E-state index in [1.54, 1.807) is 7.11 Å². The van der Waals surface area contributed by atoms with Crippen molar-refractivity contribution >= 4 is 31.9 Å². The summed E-state index contributed by atoms with van der Waals surface area (Å²) in [5.41, 5.74) is 1.14. The Kier molecular flexibility index (Phi) is 5.69. The smallest absolute Gasteiger partial charge is 0.127 e. The van der Waals surface area contributed by atoms with E-state index in [4.69, 9.17) is 14.2 Å². The molecule has 0 spiro atoms. The lowest BCUT2D eigenvalue weighted by Crippen LogP contribution is -2.52. The van der Waals surface area contributed by atoms with Crippen LogP contribution in [0.3, 0.4) is 0 Å². The van der Waals surface area contributed by atoms with E-state index in [9.17, 15) is 0 Å². The topological polar surface area (TPSA) is 27.7 Å². The molecule has 1 fully saturated rings. The van der Waals surface area contributed by atoms with Crippen molar-refractivity contribution in [3.63, 3.8) is 0 Å². The van der Waals surface area contributed by atoms with Crippen LogP contribution in [0.2, 0.25) is 0 Å². The summed E-state index contributed by atoms with van der Waals surface area (Å²) < 4.78 is 17.9. The van der Waals surface area contributed by atoms with E-state index in [-0.39, 0.29) is 12.2 Å². The Balaban J connectivity index is 1.93. The Hall–Kier alpha value is -0.100. The van der Waals surface area contributed by atoms with Crippen molar-refractivity contribution in [2.45, 2.75) is 30.4 Å². The van der Waals surface area contributed by atoms with Crippen LogP contribution in [0.1, 0.15) is 12.0 Å². The average Bonchev–Trinajstić information content (AvgIpc) is 2.38. The van der Waals surface area contributed by atoms with Crippen LogP contribution in [0.5, 0.6) is 5.75 Å². The number of hydrogen-bond acceptors (Lipinski definition) is 3. The minimum absolute atomic E-state index is 0.0912. The predicted molar refractivity (Wildman–Crippen MR) is 82.2 cm³/mol. The van der Waals surface area contributed by atoms with Crippen LogP contribution < -0.4 is 4.74 Å². The van der Waals surface area contributed by atoms with Gasteiger partial charge in [0.05, 0.1) is 13.2 Å². The first kappa shape index (κ1) is 15.3. The van der Waals surface area contributed by atoms with Crippen LogP contribution in [0.25, 0.3) is 0 Å². The summed E-state index contributed by atoms with van der Waals surface area (Å²) in [5.74, 6) is 0.916. The molecule has 0 N–H and O–H groups in total. The number of methoxy groups -OCH3 is 1. The molecule has 2 rings (SSSR count). The SMILES string of the molecule is COCCOC1C(Br)CC1Oc1cc(Br)ccc1C. The van der Waals surface area contributed by atoms with Crippen LogP contribution in [-0.4, -0.2) is 37.4 Å². The Morgan fingerprint density at radius 1 is 1.32 bits per heavy atom. The van der Waals surface area contributed by atoms with Gasteiger partial charge in [-0.1, -0.05) is 37.9 Å². The van der Waals surface area contributed by atoms with Gasteiger partial charge in [-0.25, -0.2) is 0 Å². The average molecular weight is 394 g/mol. The molecule has 0 heterocycles. The Bertz CT molecular complexity index is 425. The summed E-state index contributed by atoms with van der Waals surface area (Å²) in [7, 11) is 1.68. The minimum atomic E-state index is 0.0912. The number of alkyl halides is 1. The zero-order valence-corrected chi connectivity index (χ0v) is 14.2. The molecule has 0 aromatic heterocycles. The molecule has 3 atom stereocenters. The summed E-state index contributed by atoms with van der Waals surface area (Å²) in [4.78, 5) is 0.363. The Morgan fingerprint density at radius 2 is 2.11 bits per heavy atom. The molecule has 1 aliphatic carbocycles. The highest BCUT2D eigenvalue weighted by Gasteiger charge is 2.42. The maximum atomic E-state index is 6.05. The first-order valence-corrected chi connectivity index (χ1v) is 8.00. The molecule has 1 aliphatic rings. The molecule has 3 unspecified atom stereocenters. The van der Waals surface area contributed by atoms with Crippen LogP contribution in [0.15, 0.2) is 22.7 Å². The molecule has 106 valence electrons. The fourth-order valence-corrected chi connectivity index (χ4v) is 3.19.